The Morgan fingerprint density at radius 1 is 1.13 bits per heavy atom. The Balaban J connectivity index is 0.00000192. The molecule has 1 amide bonds. The van der Waals surface area contributed by atoms with Gasteiger partial charge in [-0.2, -0.15) is 0 Å². The Labute approximate surface area is 146 Å². The quantitative estimate of drug-likeness (QED) is 0.821. The van der Waals surface area contributed by atoms with Crippen LogP contribution in [-0.4, -0.2) is 10.9 Å². The summed E-state index contributed by atoms with van der Waals surface area (Å²) >= 11 is 1.64. The Bertz CT molecular complexity index is 629. The molecule has 0 spiro atoms. The first kappa shape index (κ1) is 17.8. The van der Waals surface area contributed by atoms with E-state index in [9.17, 15) is 4.79 Å². The van der Waals surface area contributed by atoms with Crippen molar-refractivity contribution in [3.8, 4) is 0 Å². The summed E-state index contributed by atoms with van der Waals surface area (Å²) < 4.78 is 0. The largest absolute Gasteiger partial charge is 0.399 e. The van der Waals surface area contributed by atoms with Crippen LogP contribution in [0.2, 0.25) is 0 Å². The molecule has 1 aliphatic carbocycles. The highest BCUT2D eigenvalue weighted by Crippen LogP contribution is 2.28. The topological polar surface area (TPSA) is 68.0 Å². The molecular weight excluding hydrogens is 330 g/mol. The lowest BCUT2D eigenvalue weighted by Crippen LogP contribution is -2.14. The molecule has 4 nitrogen and oxygen atoms in total. The summed E-state index contributed by atoms with van der Waals surface area (Å²) in [5.41, 5.74) is 8.51. The van der Waals surface area contributed by atoms with Crippen molar-refractivity contribution >= 4 is 40.5 Å². The number of nitrogens with two attached hydrogens (primary N) is 1. The van der Waals surface area contributed by atoms with Crippen molar-refractivity contribution in [1.29, 1.82) is 0 Å². The molecule has 0 fully saturated rings. The average molecular weight is 352 g/mol. The predicted octanol–water partition coefficient (Wildman–Crippen LogP) is 3.99. The third-order valence-corrected chi connectivity index (χ3v) is 5.01. The number of anilines is 2. The first-order valence-corrected chi connectivity index (χ1v) is 8.65. The summed E-state index contributed by atoms with van der Waals surface area (Å²) in [4.78, 5) is 18.1. The molecule has 23 heavy (non-hydrogen) atoms. The lowest BCUT2D eigenvalue weighted by atomic mass is 10.0. The molecular formula is C17H22ClN3OS. The van der Waals surface area contributed by atoms with Gasteiger partial charge in [0.05, 0.1) is 12.1 Å². The van der Waals surface area contributed by atoms with E-state index in [2.05, 4.69) is 10.3 Å². The van der Waals surface area contributed by atoms with Gasteiger partial charge in [0.25, 0.3) is 0 Å². The van der Waals surface area contributed by atoms with Crippen LogP contribution in [0.4, 0.5) is 10.8 Å². The van der Waals surface area contributed by atoms with Gasteiger partial charge in [0.15, 0.2) is 5.13 Å². The van der Waals surface area contributed by atoms with Crippen LogP contribution in [0.5, 0.6) is 0 Å². The van der Waals surface area contributed by atoms with Gasteiger partial charge < -0.3 is 11.1 Å². The number of nitrogens with one attached hydrogen (secondary N) is 1. The number of halogens is 1. The highest BCUT2D eigenvalue weighted by molar-refractivity contribution is 7.15. The summed E-state index contributed by atoms with van der Waals surface area (Å²) in [6.07, 6.45) is 7.51. The van der Waals surface area contributed by atoms with E-state index in [0.717, 1.165) is 23.5 Å². The summed E-state index contributed by atoms with van der Waals surface area (Å²) in [5.74, 6) is -0.0218. The second kappa shape index (κ2) is 8.31. The molecule has 0 aliphatic heterocycles. The number of rotatable bonds is 3. The second-order valence-corrected chi connectivity index (χ2v) is 6.85. The average Bonchev–Trinajstić information content (AvgIpc) is 2.82. The fourth-order valence-electron chi connectivity index (χ4n) is 2.74. The standard InChI is InChI=1S/C17H21N3OS.ClH/c18-13-9-7-12(8-10-13)11-16(21)20-17-19-14-5-3-1-2-4-6-15(14)22-17;/h7-10H,1-6,11,18H2,(H,19,20,21);1H. The number of amides is 1. The van der Waals surface area contributed by atoms with Crippen LogP contribution in [-0.2, 0) is 24.1 Å². The second-order valence-electron chi connectivity index (χ2n) is 5.77. The molecule has 0 bridgehead atoms. The highest BCUT2D eigenvalue weighted by atomic mass is 35.5. The first-order chi connectivity index (χ1) is 10.7. The smallest absolute Gasteiger partial charge is 0.230 e. The minimum Gasteiger partial charge on any atom is -0.399 e. The van der Waals surface area contributed by atoms with Gasteiger partial charge in [-0.15, -0.1) is 23.7 Å². The van der Waals surface area contributed by atoms with Crippen molar-refractivity contribution in [2.24, 2.45) is 0 Å². The number of benzene rings is 1. The summed E-state index contributed by atoms with van der Waals surface area (Å²) in [5, 5.41) is 3.68. The molecule has 124 valence electrons. The molecule has 0 saturated heterocycles. The zero-order valence-corrected chi connectivity index (χ0v) is 14.6. The van der Waals surface area contributed by atoms with Crippen molar-refractivity contribution in [3.05, 3.63) is 40.4 Å². The normalized spacial score (nSPS) is 14.1. The van der Waals surface area contributed by atoms with Crippen LogP contribution in [0.15, 0.2) is 24.3 Å². The molecule has 6 heteroatoms. The van der Waals surface area contributed by atoms with Crippen LogP contribution in [0.3, 0.4) is 0 Å². The van der Waals surface area contributed by atoms with Gasteiger partial charge in [0.2, 0.25) is 5.91 Å². The number of carbonyl (C=O) groups excluding carboxylic acids is 1. The Hall–Kier alpha value is -1.59. The third-order valence-electron chi connectivity index (χ3n) is 3.94. The van der Waals surface area contributed by atoms with Gasteiger partial charge in [0, 0.05) is 10.6 Å². The van der Waals surface area contributed by atoms with E-state index in [0.29, 0.717) is 12.1 Å². The van der Waals surface area contributed by atoms with Crippen LogP contribution in [0, 0.1) is 0 Å². The molecule has 3 N–H and O–H groups in total. The fraction of sp³-hybridized carbons (Fsp3) is 0.412. The molecule has 0 unspecified atom stereocenters. The van der Waals surface area contributed by atoms with Crippen LogP contribution < -0.4 is 11.1 Å². The number of carbonyl (C=O) groups is 1. The summed E-state index contributed by atoms with van der Waals surface area (Å²) in [7, 11) is 0. The van der Waals surface area contributed by atoms with E-state index in [1.54, 1.807) is 11.3 Å². The van der Waals surface area contributed by atoms with Crippen LogP contribution in [0.1, 0.15) is 41.8 Å². The van der Waals surface area contributed by atoms with E-state index in [4.69, 9.17) is 5.73 Å². The van der Waals surface area contributed by atoms with Gasteiger partial charge in [-0.3, -0.25) is 4.79 Å². The number of thiazole rings is 1. The molecule has 2 aromatic rings. The summed E-state index contributed by atoms with van der Waals surface area (Å²) in [6, 6.07) is 7.40. The first-order valence-electron chi connectivity index (χ1n) is 7.83. The maximum Gasteiger partial charge on any atom is 0.230 e. The van der Waals surface area contributed by atoms with E-state index in [1.807, 2.05) is 24.3 Å². The minimum absolute atomic E-state index is 0. The van der Waals surface area contributed by atoms with Crippen molar-refractivity contribution in [2.45, 2.75) is 44.9 Å². The number of nitrogens with zero attached hydrogens (tertiary/aromatic N) is 1. The van der Waals surface area contributed by atoms with E-state index in [1.165, 1.54) is 36.3 Å². The molecule has 0 radical (unpaired) electrons. The monoisotopic (exact) mass is 351 g/mol. The Kier molecular flexibility index (Phi) is 6.42. The van der Waals surface area contributed by atoms with Crippen LogP contribution in [0.25, 0.3) is 0 Å². The molecule has 1 heterocycles. The van der Waals surface area contributed by atoms with E-state index < -0.39 is 0 Å². The number of aromatic nitrogens is 1. The molecule has 1 aromatic heterocycles. The molecule has 0 atom stereocenters. The molecule has 1 aromatic carbocycles. The van der Waals surface area contributed by atoms with Gasteiger partial charge in [0.1, 0.15) is 0 Å². The fourth-order valence-corrected chi connectivity index (χ4v) is 3.81. The number of fused-ring (bicyclic) bond motifs is 1. The van der Waals surface area contributed by atoms with Crippen molar-refractivity contribution < 1.29 is 4.79 Å². The number of aryl methyl sites for hydroxylation is 2. The summed E-state index contributed by atoms with van der Waals surface area (Å²) in [6.45, 7) is 0. The van der Waals surface area contributed by atoms with Crippen LogP contribution >= 0.6 is 23.7 Å². The molecule has 0 saturated carbocycles. The zero-order chi connectivity index (χ0) is 15.4. The maximum atomic E-state index is 12.1. The lowest BCUT2D eigenvalue weighted by molar-refractivity contribution is -0.115. The van der Waals surface area contributed by atoms with E-state index >= 15 is 0 Å². The number of hydrogen-bond acceptors (Lipinski definition) is 4. The van der Waals surface area contributed by atoms with E-state index in [-0.39, 0.29) is 18.3 Å². The lowest BCUT2D eigenvalue weighted by Gasteiger charge is -2.06. The molecule has 3 rings (SSSR count). The Morgan fingerprint density at radius 3 is 2.57 bits per heavy atom. The predicted molar refractivity (Wildman–Crippen MR) is 98.4 cm³/mol. The van der Waals surface area contributed by atoms with Crippen molar-refractivity contribution in [2.75, 3.05) is 11.1 Å². The maximum absolute atomic E-state index is 12.1. The zero-order valence-electron chi connectivity index (χ0n) is 13.0. The SMILES string of the molecule is Cl.Nc1ccc(CC(=O)Nc2nc3c(s2)CCCCCC3)cc1. The molecule has 1 aliphatic rings. The number of nitrogen functional groups attached to an aromatic ring is 1. The minimum atomic E-state index is -0.0218. The highest BCUT2D eigenvalue weighted by Gasteiger charge is 2.14. The van der Waals surface area contributed by atoms with Gasteiger partial charge in [-0.25, -0.2) is 4.98 Å². The number of hydrogen-bond donors (Lipinski definition) is 2. The van der Waals surface area contributed by atoms with Gasteiger partial charge in [-0.05, 0) is 43.4 Å². The Morgan fingerprint density at radius 2 is 1.83 bits per heavy atom. The van der Waals surface area contributed by atoms with Gasteiger partial charge >= 0.3 is 0 Å². The third kappa shape index (κ3) is 4.94. The van der Waals surface area contributed by atoms with Crippen molar-refractivity contribution in [3.63, 3.8) is 0 Å². The van der Waals surface area contributed by atoms with Crippen molar-refractivity contribution in [1.82, 2.24) is 4.98 Å². The van der Waals surface area contributed by atoms with Gasteiger partial charge in [-0.1, -0.05) is 25.0 Å².